The van der Waals surface area contributed by atoms with Crippen molar-refractivity contribution in [2.45, 2.75) is 64.8 Å². The van der Waals surface area contributed by atoms with E-state index in [-0.39, 0.29) is 0 Å². The quantitative estimate of drug-likeness (QED) is 0.742. The van der Waals surface area contributed by atoms with Crippen molar-refractivity contribution in [3.05, 3.63) is 0 Å². The normalized spacial score (nSPS) is 18.1. The molecule has 1 rings (SSSR count). The van der Waals surface area contributed by atoms with Crippen molar-refractivity contribution in [2.24, 2.45) is 0 Å². The monoisotopic (exact) mass is 240 g/mol. The zero-order valence-corrected chi connectivity index (χ0v) is 11.5. The van der Waals surface area contributed by atoms with Gasteiger partial charge in [0.1, 0.15) is 0 Å². The Morgan fingerprint density at radius 1 is 1.24 bits per heavy atom. The largest absolute Gasteiger partial charge is 0.343 e. The predicted octanol–water partition coefficient (Wildman–Crippen LogP) is 2.56. The maximum atomic E-state index is 11.9. The second-order valence-electron chi connectivity index (χ2n) is 5.04. The highest BCUT2D eigenvalue weighted by Crippen LogP contribution is 2.09. The molecule has 1 aliphatic rings. The molecule has 1 heterocycles. The minimum atomic E-state index is 0.337. The molecular weight excluding hydrogens is 212 g/mol. The van der Waals surface area contributed by atoms with Crippen LogP contribution in [-0.4, -0.2) is 36.5 Å². The van der Waals surface area contributed by atoms with Gasteiger partial charge in [-0.1, -0.05) is 20.3 Å². The van der Waals surface area contributed by atoms with Crippen LogP contribution in [0, 0.1) is 0 Å². The van der Waals surface area contributed by atoms with Crippen molar-refractivity contribution in [3.8, 4) is 0 Å². The average molecular weight is 240 g/mol. The summed E-state index contributed by atoms with van der Waals surface area (Å²) >= 11 is 0. The number of likely N-dealkylation sites (tertiary alicyclic amines) is 1. The van der Waals surface area contributed by atoms with Gasteiger partial charge < -0.3 is 10.2 Å². The van der Waals surface area contributed by atoms with E-state index in [9.17, 15) is 4.79 Å². The number of hydrogen-bond acceptors (Lipinski definition) is 2. The third-order valence-electron chi connectivity index (χ3n) is 3.61. The zero-order chi connectivity index (χ0) is 12.5. The van der Waals surface area contributed by atoms with Crippen molar-refractivity contribution < 1.29 is 4.79 Å². The van der Waals surface area contributed by atoms with Crippen LogP contribution in [0.25, 0.3) is 0 Å². The first kappa shape index (κ1) is 14.5. The standard InChI is InChI=1S/C14H28N2O/c1-3-8-13(4-2)15-10-9-14(17)16-11-6-5-7-12-16/h13,15H,3-12H2,1-2H3. The number of carbonyl (C=O) groups is 1. The van der Waals surface area contributed by atoms with Crippen molar-refractivity contribution in [3.63, 3.8) is 0 Å². The Kier molecular flexibility index (Phi) is 7.25. The third-order valence-corrected chi connectivity index (χ3v) is 3.61. The predicted molar refractivity (Wildman–Crippen MR) is 72.0 cm³/mol. The summed E-state index contributed by atoms with van der Waals surface area (Å²) in [6, 6.07) is 0.592. The van der Waals surface area contributed by atoms with Gasteiger partial charge in [0.2, 0.25) is 5.91 Å². The number of piperidine rings is 1. The molecule has 0 bridgehead atoms. The van der Waals surface area contributed by atoms with Gasteiger partial charge in [0.05, 0.1) is 0 Å². The summed E-state index contributed by atoms with van der Waals surface area (Å²) in [6.45, 7) is 7.22. The van der Waals surface area contributed by atoms with E-state index in [1.54, 1.807) is 0 Å². The molecule has 17 heavy (non-hydrogen) atoms. The van der Waals surface area contributed by atoms with Gasteiger partial charge in [0, 0.05) is 32.1 Å². The molecule has 1 unspecified atom stereocenters. The van der Waals surface area contributed by atoms with E-state index >= 15 is 0 Å². The van der Waals surface area contributed by atoms with Gasteiger partial charge in [0.25, 0.3) is 0 Å². The number of nitrogens with zero attached hydrogens (tertiary/aromatic N) is 1. The summed E-state index contributed by atoms with van der Waals surface area (Å²) in [5.41, 5.74) is 0. The maximum absolute atomic E-state index is 11.9. The second-order valence-corrected chi connectivity index (χ2v) is 5.04. The lowest BCUT2D eigenvalue weighted by Gasteiger charge is -2.27. The molecule has 100 valence electrons. The van der Waals surface area contributed by atoms with E-state index in [4.69, 9.17) is 0 Å². The highest BCUT2D eigenvalue weighted by molar-refractivity contribution is 5.76. The molecule has 1 N–H and O–H groups in total. The molecule has 3 heteroatoms. The summed E-state index contributed by atoms with van der Waals surface area (Å²) in [5, 5.41) is 3.49. The number of amides is 1. The van der Waals surface area contributed by atoms with Crippen LogP contribution in [0.3, 0.4) is 0 Å². The highest BCUT2D eigenvalue weighted by Gasteiger charge is 2.16. The lowest BCUT2D eigenvalue weighted by atomic mass is 10.1. The summed E-state index contributed by atoms with van der Waals surface area (Å²) in [4.78, 5) is 13.9. The molecule has 1 amide bonds. The molecule has 0 aromatic heterocycles. The summed E-state index contributed by atoms with van der Waals surface area (Å²) in [5.74, 6) is 0.337. The fourth-order valence-corrected chi connectivity index (χ4v) is 2.48. The van der Waals surface area contributed by atoms with Gasteiger partial charge in [-0.15, -0.1) is 0 Å². The van der Waals surface area contributed by atoms with E-state index in [2.05, 4.69) is 19.2 Å². The Morgan fingerprint density at radius 3 is 2.53 bits per heavy atom. The number of rotatable bonds is 7. The van der Waals surface area contributed by atoms with Crippen LogP contribution in [0.2, 0.25) is 0 Å². The summed E-state index contributed by atoms with van der Waals surface area (Å²) in [7, 11) is 0. The van der Waals surface area contributed by atoms with Crippen LogP contribution in [0.4, 0.5) is 0 Å². The highest BCUT2D eigenvalue weighted by atomic mass is 16.2. The van der Waals surface area contributed by atoms with Crippen LogP contribution in [0.5, 0.6) is 0 Å². The van der Waals surface area contributed by atoms with Crippen molar-refractivity contribution in [1.82, 2.24) is 10.2 Å². The molecular formula is C14H28N2O. The lowest BCUT2D eigenvalue weighted by Crippen LogP contribution is -2.38. The molecule has 0 saturated carbocycles. The van der Waals surface area contributed by atoms with Crippen LogP contribution < -0.4 is 5.32 Å². The van der Waals surface area contributed by atoms with Gasteiger partial charge in [-0.05, 0) is 32.1 Å². The zero-order valence-electron chi connectivity index (χ0n) is 11.5. The Bertz CT molecular complexity index is 212. The third kappa shape index (κ3) is 5.53. The number of nitrogens with one attached hydrogen (secondary N) is 1. The Hall–Kier alpha value is -0.570. The second kappa shape index (κ2) is 8.51. The average Bonchev–Trinajstić information content (AvgIpc) is 2.38. The smallest absolute Gasteiger partial charge is 0.223 e. The van der Waals surface area contributed by atoms with Gasteiger partial charge in [-0.3, -0.25) is 4.79 Å². The molecule has 0 aliphatic carbocycles. The van der Waals surface area contributed by atoms with Gasteiger partial charge in [-0.25, -0.2) is 0 Å². The topological polar surface area (TPSA) is 32.3 Å². The minimum absolute atomic E-state index is 0.337. The molecule has 0 aromatic rings. The van der Waals surface area contributed by atoms with Crippen LogP contribution >= 0.6 is 0 Å². The molecule has 0 aromatic carbocycles. The molecule has 1 atom stereocenters. The van der Waals surface area contributed by atoms with E-state index in [1.807, 2.05) is 4.90 Å². The van der Waals surface area contributed by atoms with E-state index in [0.29, 0.717) is 18.4 Å². The molecule has 1 saturated heterocycles. The molecule has 0 radical (unpaired) electrons. The number of carbonyl (C=O) groups excluding carboxylic acids is 1. The molecule has 3 nitrogen and oxygen atoms in total. The van der Waals surface area contributed by atoms with Crippen molar-refractivity contribution in [1.29, 1.82) is 0 Å². The van der Waals surface area contributed by atoms with Gasteiger partial charge in [-0.2, -0.15) is 0 Å². The maximum Gasteiger partial charge on any atom is 0.223 e. The SMILES string of the molecule is CCCC(CC)NCCC(=O)N1CCCCC1. The van der Waals surface area contributed by atoms with Crippen LogP contribution in [0.1, 0.15) is 58.8 Å². The molecule has 1 aliphatic heterocycles. The number of hydrogen-bond donors (Lipinski definition) is 1. The Labute approximate surface area is 106 Å². The van der Waals surface area contributed by atoms with Crippen LogP contribution in [-0.2, 0) is 4.79 Å². The summed E-state index contributed by atoms with van der Waals surface area (Å²) in [6.07, 6.45) is 7.92. The van der Waals surface area contributed by atoms with E-state index in [1.165, 1.54) is 32.1 Å². The lowest BCUT2D eigenvalue weighted by molar-refractivity contribution is -0.132. The van der Waals surface area contributed by atoms with Gasteiger partial charge in [0.15, 0.2) is 0 Å². The van der Waals surface area contributed by atoms with E-state index < -0.39 is 0 Å². The first-order valence-electron chi connectivity index (χ1n) is 7.29. The Balaban J connectivity index is 2.14. The minimum Gasteiger partial charge on any atom is -0.343 e. The van der Waals surface area contributed by atoms with Gasteiger partial charge >= 0.3 is 0 Å². The molecule has 1 fully saturated rings. The first-order valence-corrected chi connectivity index (χ1v) is 7.29. The summed E-state index contributed by atoms with van der Waals surface area (Å²) < 4.78 is 0. The van der Waals surface area contributed by atoms with Crippen molar-refractivity contribution >= 4 is 5.91 Å². The van der Waals surface area contributed by atoms with E-state index in [0.717, 1.165) is 26.1 Å². The Morgan fingerprint density at radius 2 is 1.94 bits per heavy atom. The van der Waals surface area contributed by atoms with Crippen LogP contribution in [0.15, 0.2) is 0 Å². The fraction of sp³-hybridized carbons (Fsp3) is 0.929. The fourth-order valence-electron chi connectivity index (χ4n) is 2.48. The molecule has 0 spiro atoms. The first-order chi connectivity index (χ1) is 8.27. The van der Waals surface area contributed by atoms with Crippen molar-refractivity contribution in [2.75, 3.05) is 19.6 Å².